The van der Waals surface area contributed by atoms with Gasteiger partial charge in [0.25, 0.3) is 0 Å². The molecular formula is C30H56N2O2. The average Bonchev–Trinajstić information content (AvgIpc) is 2.84. The third-order valence-corrected chi connectivity index (χ3v) is 6.96. The molecule has 0 spiro atoms. The first-order valence-electron chi connectivity index (χ1n) is 14.5. The number of nitrogen functional groups attached to an aromatic ring is 2. The number of hydrogen-bond donors (Lipinski definition) is 2. The molecule has 0 saturated carbocycles. The normalized spacial score (nSPS) is 13.1. The van der Waals surface area contributed by atoms with Gasteiger partial charge in [-0.2, -0.15) is 0 Å². The number of ether oxygens (including phenoxy) is 2. The molecule has 0 aliphatic heterocycles. The number of rotatable bonds is 22. The van der Waals surface area contributed by atoms with E-state index in [1.54, 1.807) is 0 Å². The maximum absolute atomic E-state index is 6.36. The van der Waals surface area contributed by atoms with Crippen molar-refractivity contribution in [3.8, 4) is 11.5 Å². The molecule has 0 aliphatic rings. The van der Waals surface area contributed by atoms with Gasteiger partial charge in [0.05, 0.1) is 24.6 Å². The van der Waals surface area contributed by atoms with E-state index in [0.29, 0.717) is 23.2 Å². The fourth-order valence-corrected chi connectivity index (χ4v) is 4.56. The maximum atomic E-state index is 6.36. The fraction of sp³-hybridized carbons (Fsp3) is 0.800. The maximum Gasteiger partial charge on any atom is 0.163 e. The van der Waals surface area contributed by atoms with Gasteiger partial charge in [0, 0.05) is 12.1 Å². The standard InChI is InChI=1S/C30H56N2O2/c1-5-9-13-15-19-25(17-11-7-3)23-33-29-21-27(31)28(32)22-30(29)34-24-26(18-12-8-4)20-16-14-10-6-2/h21-22,25-26H,5-20,23-24,31-32H2,1-4H3. The van der Waals surface area contributed by atoms with Crippen LogP contribution in [-0.4, -0.2) is 13.2 Å². The van der Waals surface area contributed by atoms with Crippen LogP contribution in [-0.2, 0) is 0 Å². The van der Waals surface area contributed by atoms with Gasteiger partial charge in [-0.1, -0.05) is 105 Å². The molecule has 2 atom stereocenters. The van der Waals surface area contributed by atoms with Crippen LogP contribution in [0.2, 0.25) is 0 Å². The van der Waals surface area contributed by atoms with Gasteiger partial charge in [-0.25, -0.2) is 0 Å². The van der Waals surface area contributed by atoms with Gasteiger partial charge in [-0.05, 0) is 37.5 Å². The van der Waals surface area contributed by atoms with E-state index >= 15 is 0 Å². The lowest BCUT2D eigenvalue weighted by Crippen LogP contribution is -2.15. The third-order valence-electron chi connectivity index (χ3n) is 6.96. The van der Waals surface area contributed by atoms with E-state index in [1.807, 2.05) is 12.1 Å². The zero-order valence-electron chi connectivity index (χ0n) is 23.0. The lowest BCUT2D eigenvalue weighted by Gasteiger charge is -2.22. The first-order chi connectivity index (χ1) is 16.5. The van der Waals surface area contributed by atoms with Crippen molar-refractivity contribution in [1.29, 1.82) is 0 Å². The highest BCUT2D eigenvalue weighted by atomic mass is 16.5. The molecule has 0 fully saturated rings. The molecule has 0 aromatic heterocycles. The molecule has 2 unspecified atom stereocenters. The number of unbranched alkanes of at least 4 members (excludes halogenated alkanes) is 8. The van der Waals surface area contributed by atoms with Crippen LogP contribution in [0, 0.1) is 11.8 Å². The molecule has 1 aromatic carbocycles. The van der Waals surface area contributed by atoms with Gasteiger partial charge < -0.3 is 20.9 Å². The van der Waals surface area contributed by atoms with Crippen LogP contribution >= 0.6 is 0 Å². The molecule has 0 aliphatic carbocycles. The third kappa shape index (κ3) is 13.3. The average molecular weight is 477 g/mol. The predicted octanol–water partition coefficient (Wildman–Crippen LogP) is 9.16. The fourth-order valence-electron chi connectivity index (χ4n) is 4.56. The number of nitrogens with two attached hydrogens (primary N) is 2. The minimum absolute atomic E-state index is 0.567. The van der Waals surface area contributed by atoms with E-state index in [0.717, 1.165) is 24.7 Å². The predicted molar refractivity (Wildman–Crippen MR) is 150 cm³/mol. The van der Waals surface area contributed by atoms with Crippen LogP contribution in [0.4, 0.5) is 11.4 Å². The Morgan fingerprint density at radius 1 is 0.529 bits per heavy atom. The van der Waals surface area contributed by atoms with Crippen molar-refractivity contribution in [2.24, 2.45) is 11.8 Å². The van der Waals surface area contributed by atoms with Crippen molar-refractivity contribution >= 4 is 11.4 Å². The highest BCUT2D eigenvalue weighted by molar-refractivity contribution is 5.69. The molecule has 1 aromatic rings. The second kappa shape index (κ2) is 19.7. The minimum Gasteiger partial charge on any atom is -0.489 e. The highest BCUT2D eigenvalue weighted by Crippen LogP contribution is 2.35. The Kier molecular flexibility index (Phi) is 17.6. The summed E-state index contributed by atoms with van der Waals surface area (Å²) < 4.78 is 12.7. The molecule has 4 heteroatoms. The van der Waals surface area contributed by atoms with Crippen molar-refractivity contribution in [3.05, 3.63) is 12.1 Å². The Balaban J connectivity index is 2.78. The molecule has 0 saturated heterocycles. The molecule has 0 amide bonds. The second-order valence-corrected chi connectivity index (χ2v) is 10.3. The van der Waals surface area contributed by atoms with Crippen LogP contribution in [0.1, 0.15) is 130 Å². The summed E-state index contributed by atoms with van der Waals surface area (Å²) >= 11 is 0. The van der Waals surface area contributed by atoms with Gasteiger partial charge in [0.1, 0.15) is 0 Å². The van der Waals surface area contributed by atoms with E-state index in [9.17, 15) is 0 Å². The van der Waals surface area contributed by atoms with E-state index in [4.69, 9.17) is 20.9 Å². The SMILES string of the molecule is CCCCCCC(CCCC)COc1cc(N)c(N)cc1OCC(CCCC)CCCCCC. The van der Waals surface area contributed by atoms with E-state index in [1.165, 1.54) is 103 Å². The topological polar surface area (TPSA) is 70.5 Å². The van der Waals surface area contributed by atoms with Gasteiger partial charge in [0.15, 0.2) is 11.5 Å². The summed E-state index contributed by atoms with van der Waals surface area (Å²) in [5.41, 5.74) is 13.4. The van der Waals surface area contributed by atoms with Crippen molar-refractivity contribution in [2.45, 2.75) is 130 Å². The first-order valence-corrected chi connectivity index (χ1v) is 14.5. The molecule has 4 N–H and O–H groups in total. The summed E-state index contributed by atoms with van der Waals surface area (Å²) in [4.78, 5) is 0. The van der Waals surface area contributed by atoms with Crippen LogP contribution in [0.15, 0.2) is 12.1 Å². The number of benzene rings is 1. The highest BCUT2D eigenvalue weighted by Gasteiger charge is 2.16. The quantitative estimate of drug-likeness (QED) is 0.129. The summed E-state index contributed by atoms with van der Waals surface area (Å²) in [6.45, 7) is 10.5. The van der Waals surface area contributed by atoms with Crippen LogP contribution < -0.4 is 20.9 Å². The lowest BCUT2D eigenvalue weighted by atomic mass is 9.96. The zero-order chi connectivity index (χ0) is 25.0. The Labute approximate surface area is 211 Å². The Morgan fingerprint density at radius 2 is 0.882 bits per heavy atom. The Hall–Kier alpha value is -1.58. The van der Waals surface area contributed by atoms with Crippen molar-refractivity contribution in [2.75, 3.05) is 24.7 Å². The summed E-state index contributed by atoms with van der Waals surface area (Å²) in [6, 6.07) is 3.72. The molecule has 34 heavy (non-hydrogen) atoms. The minimum atomic E-state index is 0.567. The second-order valence-electron chi connectivity index (χ2n) is 10.3. The van der Waals surface area contributed by atoms with Crippen LogP contribution in [0.25, 0.3) is 0 Å². The molecule has 0 heterocycles. The van der Waals surface area contributed by atoms with Crippen LogP contribution in [0.3, 0.4) is 0 Å². The summed E-state index contributed by atoms with van der Waals surface area (Å²) in [5.74, 6) is 2.67. The number of anilines is 2. The summed E-state index contributed by atoms with van der Waals surface area (Å²) in [7, 11) is 0. The Morgan fingerprint density at radius 3 is 1.24 bits per heavy atom. The molecule has 0 radical (unpaired) electrons. The molecule has 1 rings (SSSR count). The molecule has 198 valence electrons. The van der Waals surface area contributed by atoms with Crippen molar-refractivity contribution in [1.82, 2.24) is 0 Å². The van der Waals surface area contributed by atoms with Crippen LogP contribution in [0.5, 0.6) is 11.5 Å². The van der Waals surface area contributed by atoms with Crippen molar-refractivity contribution < 1.29 is 9.47 Å². The smallest absolute Gasteiger partial charge is 0.163 e. The zero-order valence-corrected chi connectivity index (χ0v) is 23.0. The van der Waals surface area contributed by atoms with Gasteiger partial charge in [-0.3, -0.25) is 0 Å². The first kappa shape index (κ1) is 30.5. The Bertz CT molecular complexity index is 567. The lowest BCUT2D eigenvalue weighted by molar-refractivity contribution is 0.193. The van der Waals surface area contributed by atoms with Gasteiger partial charge >= 0.3 is 0 Å². The molecular weight excluding hydrogens is 420 g/mol. The molecule has 4 nitrogen and oxygen atoms in total. The largest absolute Gasteiger partial charge is 0.489 e. The van der Waals surface area contributed by atoms with Gasteiger partial charge in [-0.15, -0.1) is 0 Å². The van der Waals surface area contributed by atoms with Gasteiger partial charge in [0.2, 0.25) is 0 Å². The van der Waals surface area contributed by atoms with E-state index in [-0.39, 0.29) is 0 Å². The van der Waals surface area contributed by atoms with Crippen molar-refractivity contribution in [3.63, 3.8) is 0 Å². The van der Waals surface area contributed by atoms with E-state index in [2.05, 4.69) is 27.7 Å². The van der Waals surface area contributed by atoms with E-state index < -0.39 is 0 Å². The summed E-state index contributed by atoms with van der Waals surface area (Å²) in [5, 5.41) is 0. The molecule has 0 bridgehead atoms. The monoisotopic (exact) mass is 476 g/mol. The summed E-state index contributed by atoms with van der Waals surface area (Å²) in [6.07, 6.45) is 20.3. The number of hydrogen-bond acceptors (Lipinski definition) is 4.